The van der Waals surface area contributed by atoms with E-state index in [0.717, 1.165) is 12.5 Å². The zero-order chi connectivity index (χ0) is 11.2. The standard InChI is InChI=1S/C14H22N2/c1-12(14-7-3-2-4-8-14)16-11-13-6-5-9-15-10-13/h2-4,7-8,12-13,15-16H,5-6,9-11H2,1H3/t12-,13?/m1/s1. The van der Waals surface area contributed by atoms with Gasteiger partial charge in [0.25, 0.3) is 0 Å². The van der Waals surface area contributed by atoms with E-state index in [1.807, 2.05) is 0 Å². The van der Waals surface area contributed by atoms with Gasteiger partial charge in [-0.1, -0.05) is 30.3 Å². The summed E-state index contributed by atoms with van der Waals surface area (Å²) in [6, 6.07) is 11.1. The fraction of sp³-hybridized carbons (Fsp3) is 0.571. The molecule has 1 saturated heterocycles. The van der Waals surface area contributed by atoms with Crippen LogP contribution in [0.25, 0.3) is 0 Å². The molecule has 16 heavy (non-hydrogen) atoms. The predicted molar refractivity (Wildman–Crippen MR) is 68.5 cm³/mol. The summed E-state index contributed by atoms with van der Waals surface area (Å²) in [5.41, 5.74) is 1.38. The van der Waals surface area contributed by atoms with Crippen LogP contribution in [0.5, 0.6) is 0 Å². The summed E-state index contributed by atoms with van der Waals surface area (Å²) in [7, 11) is 0. The second kappa shape index (κ2) is 6.02. The van der Waals surface area contributed by atoms with E-state index in [2.05, 4.69) is 47.9 Å². The monoisotopic (exact) mass is 218 g/mol. The van der Waals surface area contributed by atoms with Gasteiger partial charge in [0.2, 0.25) is 0 Å². The van der Waals surface area contributed by atoms with Crippen molar-refractivity contribution in [2.45, 2.75) is 25.8 Å². The molecule has 0 saturated carbocycles. The average molecular weight is 218 g/mol. The molecule has 0 bridgehead atoms. The Kier molecular flexibility index (Phi) is 4.37. The molecule has 0 radical (unpaired) electrons. The van der Waals surface area contributed by atoms with Gasteiger partial charge in [0, 0.05) is 6.04 Å². The summed E-state index contributed by atoms with van der Waals surface area (Å²) >= 11 is 0. The molecule has 1 aromatic carbocycles. The molecule has 1 aliphatic rings. The third-order valence-electron chi connectivity index (χ3n) is 3.41. The average Bonchev–Trinajstić information content (AvgIpc) is 2.38. The van der Waals surface area contributed by atoms with Gasteiger partial charge in [0.1, 0.15) is 0 Å². The van der Waals surface area contributed by atoms with Crippen LogP contribution in [0.3, 0.4) is 0 Å². The molecule has 1 aliphatic heterocycles. The first-order chi connectivity index (χ1) is 7.86. The Morgan fingerprint density at radius 3 is 2.88 bits per heavy atom. The predicted octanol–water partition coefficient (Wildman–Crippen LogP) is 2.34. The Hall–Kier alpha value is -0.860. The molecule has 1 unspecified atom stereocenters. The minimum absolute atomic E-state index is 0.461. The topological polar surface area (TPSA) is 24.1 Å². The summed E-state index contributed by atoms with van der Waals surface area (Å²) in [4.78, 5) is 0. The lowest BCUT2D eigenvalue weighted by atomic mass is 9.99. The lowest BCUT2D eigenvalue weighted by Gasteiger charge is -2.25. The van der Waals surface area contributed by atoms with E-state index < -0.39 is 0 Å². The van der Waals surface area contributed by atoms with Gasteiger partial charge >= 0.3 is 0 Å². The first-order valence-electron chi connectivity index (χ1n) is 6.35. The SMILES string of the molecule is C[C@@H](NCC1CCCNC1)c1ccccc1. The highest BCUT2D eigenvalue weighted by Crippen LogP contribution is 2.14. The van der Waals surface area contributed by atoms with Crippen LogP contribution in [0.1, 0.15) is 31.4 Å². The molecule has 0 aliphatic carbocycles. The minimum atomic E-state index is 0.461. The van der Waals surface area contributed by atoms with E-state index in [0.29, 0.717) is 6.04 Å². The molecule has 2 rings (SSSR count). The van der Waals surface area contributed by atoms with Gasteiger partial charge in [-0.15, -0.1) is 0 Å². The molecule has 0 spiro atoms. The maximum atomic E-state index is 3.63. The quantitative estimate of drug-likeness (QED) is 0.810. The van der Waals surface area contributed by atoms with Crippen LogP contribution >= 0.6 is 0 Å². The van der Waals surface area contributed by atoms with Gasteiger partial charge in [0.15, 0.2) is 0 Å². The number of rotatable bonds is 4. The van der Waals surface area contributed by atoms with Crippen molar-refractivity contribution in [3.05, 3.63) is 35.9 Å². The van der Waals surface area contributed by atoms with E-state index in [9.17, 15) is 0 Å². The molecule has 2 atom stereocenters. The summed E-state index contributed by atoms with van der Waals surface area (Å²) in [6.45, 7) is 5.74. The Labute approximate surface area is 98.4 Å². The van der Waals surface area contributed by atoms with Crippen LogP contribution in [0, 0.1) is 5.92 Å². The Bertz CT molecular complexity index is 291. The first-order valence-corrected chi connectivity index (χ1v) is 6.35. The van der Waals surface area contributed by atoms with Gasteiger partial charge in [-0.05, 0) is 50.9 Å². The van der Waals surface area contributed by atoms with Crippen molar-refractivity contribution in [2.75, 3.05) is 19.6 Å². The van der Waals surface area contributed by atoms with Crippen LogP contribution in [0.4, 0.5) is 0 Å². The van der Waals surface area contributed by atoms with E-state index in [-0.39, 0.29) is 0 Å². The van der Waals surface area contributed by atoms with Crippen LogP contribution in [0.15, 0.2) is 30.3 Å². The third-order valence-corrected chi connectivity index (χ3v) is 3.41. The molecule has 2 N–H and O–H groups in total. The van der Waals surface area contributed by atoms with E-state index in [4.69, 9.17) is 0 Å². The second-order valence-electron chi connectivity index (χ2n) is 4.75. The largest absolute Gasteiger partial charge is 0.316 e. The second-order valence-corrected chi connectivity index (χ2v) is 4.75. The molecule has 1 fully saturated rings. The maximum absolute atomic E-state index is 3.63. The van der Waals surface area contributed by atoms with Crippen molar-refractivity contribution in [3.63, 3.8) is 0 Å². The van der Waals surface area contributed by atoms with Crippen molar-refractivity contribution in [1.29, 1.82) is 0 Å². The summed E-state index contributed by atoms with van der Waals surface area (Å²) in [5.74, 6) is 0.805. The highest BCUT2D eigenvalue weighted by molar-refractivity contribution is 5.17. The molecule has 88 valence electrons. The van der Waals surface area contributed by atoms with E-state index in [1.165, 1.54) is 31.5 Å². The molecule has 0 aromatic heterocycles. The Balaban J connectivity index is 1.77. The van der Waals surface area contributed by atoms with E-state index >= 15 is 0 Å². The van der Waals surface area contributed by atoms with Gasteiger partial charge in [-0.2, -0.15) is 0 Å². The van der Waals surface area contributed by atoms with Gasteiger partial charge in [0.05, 0.1) is 0 Å². The number of nitrogens with one attached hydrogen (secondary N) is 2. The molecule has 2 nitrogen and oxygen atoms in total. The minimum Gasteiger partial charge on any atom is -0.316 e. The van der Waals surface area contributed by atoms with Crippen molar-refractivity contribution in [1.82, 2.24) is 10.6 Å². The number of piperidine rings is 1. The van der Waals surface area contributed by atoms with Crippen LogP contribution in [-0.4, -0.2) is 19.6 Å². The summed E-state index contributed by atoms with van der Waals surface area (Å²) in [6.07, 6.45) is 2.69. The smallest absolute Gasteiger partial charge is 0.0291 e. The number of hydrogen-bond donors (Lipinski definition) is 2. The third kappa shape index (κ3) is 3.32. The Morgan fingerprint density at radius 1 is 1.38 bits per heavy atom. The van der Waals surface area contributed by atoms with Gasteiger partial charge < -0.3 is 10.6 Å². The van der Waals surface area contributed by atoms with Crippen LogP contribution < -0.4 is 10.6 Å². The van der Waals surface area contributed by atoms with Crippen molar-refractivity contribution < 1.29 is 0 Å². The highest BCUT2D eigenvalue weighted by Gasteiger charge is 2.13. The summed E-state index contributed by atoms with van der Waals surface area (Å²) < 4.78 is 0. The Morgan fingerprint density at radius 2 is 2.19 bits per heavy atom. The normalized spacial score (nSPS) is 22.9. The van der Waals surface area contributed by atoms with Crippen LogP contribution in [-0.2, 0) is 0 Å². The number of hydrogen-bond acceptors (Lipinski definition) is 2. The zero-order valence-corrected chi connectivity index (χ0v) is 10.1. The first kappa shape index (κ1) is 11.6. The van der Waals surface area contributed by atoms with Crippen molar-refractivity contribution >= 4 is 0 Å². The molecule has 0 amide bonds. The van der Waals surface area contributed by atoms with Gasteiger partial charge in [-0.3, -0.25) is 0 Å². The highest BCUT2D eigenvalue weighted by atomic mass is 14.9. The summed E-state index contributed by atoms with van der Waals surface area (Å²) in [5, 5.41) is 7.09. The molecule has 1 aromatic rings. The maximum Gasteiger partial charge on any atom is 0.0291 e. The number of benzene rings is 1. The van der Waals surface area contributed by atoms with Crippen molar-refractivity contribution in [2.24, 2.45) is 5.92 Å². The fourth-order valence-electron chi connectivity index (χ4n) is 2.30. The lowest BCUT2D eigenvalue weighted by molar-refractivity contribution is 0.348. The van der Waals surface area contributed by atoms with Crippen molar-refractivity contribution in [3.8, 4) is 0 Å². The molecule has 1 heterocycles. The molecule has 2 heteroatoms. The van der Waals surface area contributed by atoms with Crippen LogP contribution in [0.2, 0.25) is 0 Å². The fourth-order valence-corrected chi connectivity index (χ4v) is 2.30. The van der Waals surface area contributed by atoms with Gasteiger partial charge in [-0.25, -0.2) is 0 Å². The molecular formula is C14H22N2. The molecular weight excluding hydrogens is 196 g/mol. The van der Waals surface area contributed by atoms with E-state index in [1.54, 1.807) is 0 Å². The lowest BCUT2D eigenvalue weighted by Crippen LogP contribution is -2.36. The zero-order valence-electron chi connectivity index (χ0n) is 10.1.